The number of hydrogen-bond acceptors (Lipinski definition) is 4. The molecule has 1 aromatic rings. The van der Waals surface area contributed by atoms with Gasteiger partial charge in [-0.3, -0.25) is 4.21 Å². The van der Waals surface area contributed by atoms with Crippen LogP contribution in [0.3, 0.4) is 0 Å². The number of anilines is 1. The molecule has 1 saturated heterocycles. The van der Waals surface area contributed by atoms with Gasteiger partial charge in [0.15, 0.2) is 0 Å². The molecular formula is C13H15F2NO3S. The van der Waals surface area contributed by atoms with Gasteiger partial charge in [-0.25, -0.2) is 13.6 Å². The van der Waals surface area contributed by atoms with E-state index in [4.69, 9.17) is 0 Å². The van der Waals surface area contributed by atoms with Gasteiger partial charge in [-0.05, 0) is 18.9 Å². The molecule has 0 amide bonds. The zero-order chi connectivity index (χ0) is 14.7. The molecule has 7 heteroatoms. The van der Waals surface area contributed by atoms with E-state index in [1.165, 1.54) is 0 Å². The maximum atomic E-state index is 13.7. The van der Waals surface area contributed by atoms with Gasteiger partial charge in [0, 0.05) is 34.4 Å². The summed E-state index contributed by atoms with van der Waals surface area (Å²) >= 11 is 0. The van der Waals surface area contributed by atoms with Crippen LogP contribution in [0.2, 0.25) is 0 Å². The van der Waals surface area contributed by atoms with Crippen molar-refractivity contribution in [2.24, 2.45) is 0 Å². The van der Waals surface area contributed by atoms with Crippen molar-refractivity contribution in [2.75, 3.05) is 23.9 Å². The van der Waals surface area contributed by atoms with Crippen molar-refractivity contribution in [1.82, 2.24) is 0 Å². The number of ether oxygens (including phenoxy) is 1. The lowest BCUT2D eigenvalue weighted by Crippen LogP contribution is -2.29. The molecule has 0 spiro atoms. The second-order valence-electron chi connectivity index (χ2n) is 4.57. The van der Waals surface area contributed by atoms with Gasteiger partial charge in [0.2, 0.25) is 0 Å². The number of halogens is 2. The Morgan fingerprint density at radius 2 is 1.95 bits per heavy atom. The minimum Gasteiger partial charge on any atom is -0.465 e. The molecule has 1 N–H and O–H groups in total. The van der Waals surface area contributed by atoms with Gasteiger partial charge in [0.05, 0.1) is 18.4 Å². The summed E-state index contributed by atoms with van der Waals surface area (Å²) in [7, 11) is 0.325. The summed E-state index contributed by atoms with van der Waals surface area (Å²) in [4.78, 5) is 11.4. The highest BCUT2D eigenvalue weighted by Gasteiger charge is 2.21. The molecule has 0 bridgehead atoms. The van der Waals surface area contributed by atoms with Crippen molar-refractivity contribution in [3.05, 3.63) is 29.3 Å². The fourth-order valence-electron chi connectivity index (χ4n) is 2.08. The highest BCUT2D eigenvalue weighted by atomic mass is 32.2. The molecule has 110 valence electrons. The molecule has 1 aromatic carbocycles. The van der Waals surface area contributed by atoms with Crippen LogP contribution < -0.4 is 5.32 Å². The molecule has 0 unspecified atom stereocenters. The number of nitrogens with one attached hydrogen (secondary N) is 1. The standard InChI is InChI=1S/C13H15F2NO3S/c1-19-13(17)9-6-12(11(15)7-10(9)14)16-8-2-4-20(18)5-3-8/h6-8,16H,2-5H2,1H3. The van der Waals surface area contributed by atoms with Crippen molar-refractivity contribution < 1.29 is 22.5 Å². The third-order valence-corrected chi connectivity index (χ3v) is 4.59. The monoisotopic (exact) mass is 303 g/mol. The van der Waals surface area contributed by atoms with Gasteiger partial charge in [0.1, 0.15) is 11.6 Å². The summed E-state index contributed by atoms with van der Waals surface area (Å²) in [6.07, 6.45) is 1.30. The molecule has 1 aliphatic heterocycles. The second-order valence-corrected chi connectivity index (χ2v) is 6.27. The predicted molar refractivity (Wildman–Crippen MR) is 72.2 cm³/mol. The topological polar surface area (TPSA) is 55.4 Å². The van der Waals surface area contributed by atoms with Gasteiger partial charge >= 0.3 is 5.97 Å². The zero-order valence-electron chi connectivity index (χ0n) is 10.9. The molecule has 0 saturated carbocycles. The van der Waals surface area contributed by atoms with Crippen molar-refractivity contribution in [3.8, 4) is 0 Å². The van der Waals surface area contributed by atoms with Crippen LogP contribution >= 0.6 is 0 Å². The molecule has 1 aliphatic rings. The Hall–Kier alpha value is -1.50. The van der Waals surface area contributed by atoms with E-state index in [2.05, 4.69) is 10.1 Å². The number of methoxy groups -OCH3 is 1. The first kappa shape index (κ1) is 14.9. The lowest BCUT2D eigenvalue weighted by atomic mass is 10.1. The average Bonchev–Trinajstić information content (AvgIpc) is 2.43. The SMILES string of the molecule is COC(=O)c1cc(NC2CCS(=O)CC2)c(F)cc1F. The van der Waals surface area contributed by atoms with E-state index in [9.17, 15) is 17.8 Å². The quantitative estimate of drug-likeness (QED) is 0.869. The maximum Gasteiger partial charge on any atom is 0.340 e. The summed E-state index contributed by atoms with van der Waals surface area (Å²) in [5.74, 6) is -1.45. The maximum absolute atomic E-state index is 13.7. The number of esters is 1. The van der Waals surface area contributed by atoms with E-state index >= 15 is 0 Å². The molecule has 20 heavy (non-hydrogen) atoms. The highest BCUT2D eigenvalue weighted by Crippen LogP contribution is 2.23. The zero-order valence-corrected chi connectivity index (χ0v) is 11.8. The van der Waals surface area contributed by atoms with Crippen LogP contribution in [-0.2, 0) is 15.5 Å². The van der Waals surface area contributed by atoms with E-state index in [0.29, 0.717) is 30.4 Å². The third kappa shape index (κ3) is 3.33. The number of hydrogen-bond donors (Lipinski definition) is 1. The van der Waals surface area contributed by atoms with Crippen molar-refractivity contribution in [1.29, 1.82) is 0 Å². The molecule has 2 rings (SSSR count). The van der Waals surface area contributed by atoms with Crippen LogP contribution in [0, 0.1) is 11.6 Å². The summed E-state index contributed by atoms with van der Waals surface area (Å²) in [6, 6.07) is 1.75. The molecule has 1 heterocycles. The Morgan fingerprint density at radius 3 is 2.55 bits per heavy atom. The smallest absolute Gasteiger partial charge is 0.340 e. The van der Waals surface area contributed by atoms with E-state index in [1.807, 2.05) is 0 Å². The number of carbonyl (C=O) groups excluding carboxylic acids is 1. The fourth-order valence-corrected chi connectivity index (χ4v) is 3.38. The van der Waals surface area contributed by atoms with E-state index < -0.39 is 28.4 Å². The Labute approximate surface area is 118 Å². The molecule has 0 aromatic heterocycles. The van der Waals surface area contributed by atoms with E-state index in [1.54, 1.807) is 0 Å². The van der Waals surface area contributed by atoms with Crippen LogP contribution in [0.4, 0.5) is 14.5 Å². The lowest BCUT2D eigenvalue weighted by Gasteiger charge is -2.24. The van der Waals surface area contributed by atoms with Crippen molar-refractivity contribution in [3.63, 3.8) is 0 Å². The minimum absolute atomic E-state index is 0.0295. The first-order valence-corrected chi connectivity index (χ1v) is 7.69. The first-order chi connectivity index (χ1) is 9.51. The Balaban J connectivity index is 2.18. The van der Waals surface area contributed by atoms with Gasteiger partial charge in [-0.2, -0.15) is 0 Å². The number of rotatable bonds is 3. The van der Waals surface area contributed by atoms with Crippen LogP contribution in [-0.4, -0.2) is 34.8 Å². The molecular weight excluding hydrogens is 288 g/mol. The largest absolute Gasteiger partial charge is 0.465 e. The number of carbonyl (C=O) groups is 1. The van der Waals surface area contributed by atoms with Crippen molar-refractivity contribution >= 4 is 22.5 Å². The summed E-state index contributed by atoms with van der Waals surface area (Å²) < 4.78 is 42.9. The lowest BCUT2D eigenvalue weighted by molar-refractivity contribution is 0.0595. The average molecular weight is 303 g/mol. The van der Waals surface area contributed by atoms with Crippen LogP contribution in [0.25, 0.3) is 0 Å². The molecule has 0 radical (unpaired) electrons. The molecule has 1 fully saturated rings. The van der Waals surface area contributed by atoms with Gasteiger partial charge in [-0.1, -0.05) is 0 Å². The van der Waals surface area contributed by atoms with Crippen LogP contribution in [0.1, 0.15) is 23.2 Å². The third-order valence-electron chi connectivity index (χ3n) is 3.21. The first-order valence-electron chi connectivity index (χ1n) is 6.20. The molecule has 4 nitrogen and oxygen atoms in total. The molecule has 0 aliphatic carbocycles. The van der Waals surface area contributed by atoms with Gasteiger partial charge < -0.3 is 10.1 Å². The molecule has 0 atom stereocenters. The highest BCUT2D eigenvalue weighted by molar-refractivity contribution is 7.85. The van der Waals surface area contributed by atoms with Gasteiger partial charge in [-0.15, -0.1) is 0 Å². The second kappa shape index (κ2) is 6.30. The minimum atomic E-state index is -0.954. The summed E-state index contributed by atoms with van der Waals surface area (Å²) in [6.45, 7) is 0. The number of benzene rings is 1. The Morgan fingerprint density at radius 1 is 1.30 bits per heavy atom. The van der Waals surface area contributed by atoms with E-state index in [-0.39, 0.29) is 17.3 Å². The normalized spacial score (nSPS) is 22.4. The Kier molecular flexibility index (Phi) is 4.69. The van der Waals surface area contributed by atoms with Crippen LogP contribution in [0.15, 0.2) is 12.1 Å². The summed E-state index contributed by atoms with van der Waals surface area (Å²) in [5.41, 5.74) is -0.250. The van der Waals surface area contributed by atoms with E-state index in [0.717, 1.165) is 13.2 Å². The van der Waals surface area contributed by atoms with Crippen LogP contribution in [0.5, 0.6) is 0 Å². The fraction of sp³-hybridized carbons (Fsp3) is 0.462. The van der Waals surface area contributed by atoms with Crippen molar-refractivity contribution in [2.45, 2.75) is 18.9 Å². The summed E-state index contributed by atoms with van der Waals surface area (Å²) in [5, 5.41) is 2.93. The predicted octanol–water partition coefficient (Wildman–Crippen LogP) is 2.07. The van der Waals surface area contributed by atoms with Gasteiger partial charge in [0.25, 0.3) is 0 Å². The Bertz CT molecular complexity index is 541.